The van der Waals surface area contributed by atoms with Gasteiger partial charge >= 0.3 is 0 Å². The van der Waals surface area contributed by atoms with Crippen molar-refractivity contribution in [1.82, 2.24) is 5.32 Å². The molecule has 0 aliphatic rings. The highest BCUT2D eigenvalue weighted by Gasteiger charge is 2.23. The van der Waals surface area contributed by atoms with Crippen LogP contribution in [0.3, 0.4) is 0 Å². The SMILES string of the molecule is Cc1ccccc1Oc1ccc(C(CNC(C)(C)C)OS(C)(=O)=O)cc1Oc1ccccc1C. The first-order chi connectivity index (χ1) is 15.9. The fourth-order valence-electron chi connectivity index (χ4n) is 3.29. The number of rotatable bonds is 9. The number of para-hydroxylation sites is 2. The van der Waals surface area contributed by atoms with E-state index in [9.17, 15) is 8.42 Å². The van der Waals surface area contributed by atoms with Crippen LogP contribution < -0.4 is 14.8 Å². The van der Waals surface area contributed by atoms with Crippen molar-refractivity contribution in [2.45, 2.75) is 46.3 Å². The Morgan fingerprint density at radius 1 is 0.794 bits per heavy atom. The van der Waals surface area contributed by atoms with E-state index in [4.69, 9.17) is 13.7 Å². The molecule has 0 aliphatic carbocycles. The van der Waals surface area contributed by atoms with Gasteiger partial charge in [0.25, 0.3) is 10.1 Å². The van der Waals surface area contributed by atoms with Crippen LogP contribution in [0.4, 0.5) is 0 Å². The third kappa shape index (κ3) is 7.58. The van der Waals surface area contributed by atoms with E-state index in [0.717, 1.165) is 17.4 Å². The Labute approximate surface area is 203 Å². The lowest BCUT2D eigenvalue weighted by molar-refractivity contribution is 0.197. The lowest BCUT2D eigenvalue weighted by Gasteiger charge is -2.25. The van der Waals surface area contributed by atoms with Crippen molar-refractivity contribution in [2.24, 2.45) is 0 Å². The van der Waals surface area contributed by atoms with Crippen molar-refractivity contribution in [3.8, 4) is 23.0 Å². The Morgan fingerprint density at radius 2 is 1.32 bits per heavy atom. The highest BCUT2D eigenvalue weighted by atomic mass is 32.2. The Hall–Kier alpha value is -2.87. The fourth-order valence-corrected chi connectivity index (χ4v) is 3.89. The lowest BCUT2D eigenvalue weighted by Crippen LogP contribution is -2.39. The summed E-state index contributed by atoms with van der Waals surface area (Å²) in [7, 11) is -3.69. The van der Waals surface area contributed by atoms with Gasteiger partial charge in [-0.15, -0.1) is 0 Å². The van der Waals surface area contributed by atoms with Crippen molar-refractivity contribution >= 4 is 10.1 Å². The predicted molar refractivity (Wildman–Crippen MR) is 135 cm³/mol. The molecule has 182 valence electrons. The Balaban J connectivity index is 2.03. The van der Waals surface area contributed by atoms with Crippen molar-refractivity contribution in [1.29, 1.82) is 0 Å². The van der Waals surface area contributed by atoms with Gasteiger partial charge in [-0.25, -0.2) is 0 Å². The number of hydrogen-bond acceptors (Lipinski definition) is 6. The molecule has 1 unspecified atom stereocenters. The molecule has 0 bridgehead atoms. The fraction of sp³-hybridized carbons (Fsp3) is 0.333. The number of aryl methyl sites for hydroxylation is 2. The molecular weight excluding hydrogens is 450 g/mol. The average molecular weight is 484 g/mol. The molecule has 3 aromatic carbocycles. The number of hydrogen-bond donors (Lipinski definition) is 1. The quantitative estimate of drug-likeness (QED) is 0.360. The molecule has 6 nitrogen and oxygen atoms in total. The molecule has 3 rings (SSSR count). The smallest absolute Gasteiger partial charge is 0.265 e. The topological polar surface area (TPSA) is 73.9 Å². The molecule has 0 saturated heterocycles. The van der Waals surface area contributed by atoms with Gasteiger partial charge in [0.1, 0.15) is 17.6 Å². The summed E-state index contributed by atoms with van der Waals surface area (Å²) in [6, 6.07) is 20.8. The highest BCUT2D eigenvalue weighted by molar-refractivity contribution is 7.86. The molecule has 0 heterocycles. The van der Waals surface area contributed by atoms with Gasteiger partial charge in [-0.1, -0.05) is 42.5 Å². The second-order valence-electron chi connectivity index (χ2n) is 9.36. The van der Waals surface area contributed by atoms with Gasteiger partial charge in [0.05, 0.1) is 6.26 Å². The Kier molecular flexibility index (Phi) is 8.02. The number of nitrogens with one attached hydrogen (secondary N) is 1. The van der Waals surface area contributed by atoms with Gasteiger partial charge in [-0.3, -0.25) is 4.18 Å². The third-order valence-electron chi connectivity index (χ3n) is 5.08. The molecule has 34 heavy (non-hydrogen) atoms. The molecule has 7 heteroatoms. The molecule has 0 amide bonds. The normalized spacial score (nSPS) is 12.9. The molecule has 0 radical (unpaired) electrons. The van der Waals surface area contributed by atoms with E-state index in [2.05, 4.69) is 5.32 Å². The summed E-state index contributed by atoms with van der Waals surface area (Å²) in [5, 5.41) is 3.32. The molecule has 0 aromatic heterocycles. The summed E-state index contributed by atoms with van der Waals surface area (Å²) in [5.74, 6) is 2.38. The van der Waals surface area contributed by atoms with E-state index in [-0.39, 0.29) is 5.54 Å². The van der Waals surface area contributed by atoms with Crippen LogP contribution >= 0.6 is 0 Å². The molecule has 0 saturated carbocycles. The second-order valence-corrected chi connectivity index (χ2v) is 11.0. The lowest BCUT2D eigenvalue weighted by atomic mass is 10.1. The molecule has 3 aromatic rings. The first-order valence-corrected chi connectivity index (χ1v) is 13.0. The monoisotopic (exact) mass is 483 g/mol. The van der Waals surface area contributed by atoms with Gasteiger partial charge in [-0.05, 0) is 75.6 Å². The van der Waals surface area contributed by atoms with Crippen LogP contribution in [-0.2, 0) is 14.3 Å². The minimum Gasteiger partial charge on any atom is -0.453 e. The Morgan fingerprint density at radius 3 is 1.82 bits per heavy atom. The average Bonchev–Trinajstić information content (AvgIpc) is 2.74. The Bertz CT molecular complexity index is 1230. The van der Waals surface area contributed by atoms with Crippen LogP contribution in [0.15, 0.2) is 66.7 Å². The van der Waals surface area contributed by atoms with Gasteiger partial charge in [0, 0.05) is 12.1 Å². The van der Waals surface area contributed by atoms with Crippen LogP contribution in [0.2, 0.25) is 0 Å². The molecule has 0 fully saturated rings. The molecular formula is C27H33NO5S. The van der Waals surface area contributed by atoms with Crippen LogP contribution in [0.25, 0.3) is 0 Å². The maximum Gasteiger partial charge on any atom is 0.265 e. The van der Waals surface area contributed by atoms with E-state index in [1.807, 2.05) is 83.1 Å². The zero-order valence-corrected chi connectivity index (χ0v) is 21.4. The second kappa shape index (κ2) is 10.6. The van der Waals surface area contributed by atoms with Crippen molar-refractivity contribution < 1.29 is 22.1 Å². The third-order valence-corrected chi connectivity index (χ3v) is 5.66. The number of benzene rings is 3. The first-order valence-electron chi connectivity index (χ1n) is 11.2. The van der Waals surface area contributed by atoms with E-state index < -0.39 is 16.2 Å². The van der Waals surface area contributed by atoms with E-state index in [1.54, 1.807) is 18.2 Å². The summed E-state index contributed by atoms with van der Waals surface area (Å²) in [4.78, 5) is 0. The maximum absolute atomic E-state index is 12.0. The maximum atomic E-state index is 12.0. The van der Waals surface area contributed by atoms with Gasteiger partial charge in [0.15, 0.2) is 11.5 Å². The largest absolute Gasteiger partial charge is 0.453 e. The summed E-state index contributed by atoms with van der Waals surface area (Å²) in [6.45, 7) is 10.3. The zero-order chi connectivity index (χ0) is 24.9. The summed E-state index contributed by atoms with van der Waals surface area (Å²) in [5.41, 5.74) is 2.39. The van der Waals surface area contributed by atoms with E-state index in [0.29, 0.717) is 35.1 Å². The standard InChI is InChI=1S/C27H33NO5S/c1-19-11-7-9-13-22(19)31-24-16-15-21(17-25(24)32-23-14-10-8-12-20(23)2)26(33-34(6,29)30)18-28-27(3,4)5/h7-17,26,28H,18H2,1-6H3. The van der Waals surface area contributed by atoms with Gasteiger partial charge in [0.2, 0.25) is 0 Å². The van der Waals surface area contributed by atoms with Crippen LogP contribution in [0.1, 0.15) is 43.6 Å². The molecule has 1 atom stereocenters. The molecule has 1 N–H and O–H groups in total. The summed E-state index contributed by atoms with van der Waals surface area (Å²) < 4.78 is 41.9. The van der Waals surface area contributed by atoms with Gasteiger partial charge in [-0.2, -0.15) is 8.42 Å². The minimum absolute atomic E-state index is 0.215. The molecule has 0 spiro atoms. The number of ether oxygens (including phenoxy) is 2. The predicted octanol–water partition coefficient (Wildman–Crippen LogP) is 6.29. The van der Waals surface area contributed by atoms with Crippen molar-refractivity contribution in [2.75, 3.05) is 12.8 Å². The summed E-state index contributed by atoms with van der Waals surface area (Å²) in [6.07, 6.45) is 0.318. The summed E-state index contributed by atoms with van der Waals surface area (Å²) >= 11 is 0. The first kappa shape index (κ1) is 25.7. The van der Waals surface area contributed by atoms with Crippen LogP contribution in [0, 0.1) is 13.8 Å². The van der Waals surface area contributed by atoms with Crippen LogP contribution in [0.5, 0.6) is 23.0 Å². The van der Waals surface area contributed by atoms with E-state index in [1.165, 1.54) is 0 Å². The van der Waals surface area contributed by atoms with Crippen molar-refractivity contribution in [3.05, 3.63) is 83.4 Å². The molecule has 0 aliphatic heterocycles. The zero-order valence-electron chi connectivity index (χ0n) is 20.6. The minimum atomic E-state index is -3.69. The highest BCUT2D eigenvalue weighted by Crippen LogP contribution is 2.39. The van der Waals surface area contributed by atoms with Crippen LogP contribution in [-0.4, -0.2) is 26.8 Å². The van der Waals surface area contributed by atoms with E-state index >= 15 is 0 Å². The van der Waals surface area contributed by atoms with Gasteiger partial charge < -0.3 is 14.8 Å². The van der Waals surface area contributed by atoms with Crippen molar-refractivity contribution in [3.63, 3.8) is 0 Å².